The van der Waals surface area contributed by atoms with E-state index in [1.165, 1.54) is 0 Å². The minimum Gasteiger partial charge on any atom is -0.494 e. The van der Waals surface area contributed by atoms with Crippen molar-refractivity contribution in [3.05, 3.63) is 77.9 Å². The number of carboxylic acids is 1. The van der Waals surface area contributed by atoms with E-state index in [2.05, 4.69) is 5.10 Å². The maximum absolute atomic E-state index is 16.0. The topological polar surface area (TPSA) is 140 Å². The van der Waals surface area contributed by atoms with Gasteiger partial charge in [-0.25, -0.2) is 14.2 Å². The Morgan fingerprint density at radius 3 is 2.33 bits per heavy atom. The van der Waals surface area contributed by atoms with Crippen LogP contribution in [0.5, 0.6) is 11.5 Å². The van der Waals surface area contributed by atoms with E-state index < -0.39 is 18.0 Å². The molecule has 15 heteroatoms. The van der Waals surface area contributed by atoms with Gasteiger partial charge in [-0.3, -0.25) is 10.1 Å². The van der Waals surface area contributed by atoms with Crippen LogP contribution in [0.2, 0.25) is 0 Å². The molecule has 0 fully saturated rings. The summed E-state index contributed by atoms with van der Waals surface area (Å²) in [7, 11) is 1.82. The number of amidine groups is 1. The number of nitrogen functional groups attached to an aromatic ring is 1. The molecule has 0 aliphatic rings. The molecular formula is C31H34F4N6O4S. The van der Waals surface area contributed by atoms with E-state index in [1.807, 2.05) is 58.3 Å². The van der Waals surface area contributed by atoms with Crippen LogP contribution >= 0.6 is 11.8 Å². The molecule has 0 aliphatic carbocycles. The van der Waals surface area contributed by atoms with Gasteiger partial charge in [-0.15, -0.1) is 11.8 Å². The lowest BCUT2D eigenvalue weighted by Gasteiger charge is -2.27. The van der Waals surface area contributed by atoms with E-state index in [-0.39, 0.29) is 29.9 Å². The van der Waals surface area contributed by atoms with E-state index in [4.69, 9.17) is 35.5 Å². The average Bonchev–Trinajstić information content (AvgIpc) is 3.37. The Balaban J connectivity index is 0.000000738. The summed E-state index contributed by atoms with van der Waals surface area (Å²) in [5.41, 5.74) is 8.12. The van der Waals surface area contributed by atoms with Crippen LogP contribution in [-0.2, 0) is 18.4 Å². The second-order valence-electron chi connectivity index (χ2n) is 9.88. The number of anilines is 2. The summed E-state index contributed by atoms with van der Waals surface area (Å²) < 4.78 is 61.1. The Hall–Kier alpha value is -4.79. The number of nitrogens with two attached hydrogens (primary N) is 1. The fourth-order valence-electron chi connectivity index (χ4n) is 4.12. The Bertz CT molecular complexity index is 1660. The molecule has 0 radical (unpaired) electrons. The van der Waals surface area contributed by atoms with Crippen molar-refractivity contribution in [1.82, 2.24) is 14.8 Å². The molecule has 4 rings (SSSR count). The Morgan fingerprint density at radius 2 is 1.78 bits per heavy atom. The number of carboxylic acid groups (broad SMARTS) is 1. The molecule has 1 aromatic heterocycles. The fourth-order valence-corrected chi connectivity index (χ4v) is 4.71. The van der Waals surface area contributed by atoms with Gasteiger partial charge in [0.2, 0.25) is 0 Å². The van der Waals surface area contributed by atoms with E-state index in [0.29, 0.717) is 35.3 Å². The van der Waals surface area contributed by atoms with Crippen LogP contribution in [-0.4, -0.2) is 56.8 Å². The molecule has 0 atom stereocenters. The molecule has 0 spiro atoms. The molecule has 4 N–H and O–H groups in total. The first-order valence-corrected chi connectivity index (χ1v) is 15.1. The number of aliphatic carboxylic acids is 1. The summed E-state index contributed by atoms with van der Waals surface area (Å²) in [6.45, 7) is 6.19. The van der Waals surface area contributed by atoms with E-state index >= 15 is 4.39 Å². The molecule has 1 heterocycles. The van der Waals surface area contributed by atoms with Gasteiger partial charge >= 0.3 is 12.1 Å². The highest BCUT2D eigenvalue weighted by Gasteiger charge is 2.38. The number of halogens is 4. The number of nitrogens with zero attached hydrogens (tertiary/aromatic N) is 4. The third-order valence-corrected chi connectivity index (χ3v) is 6.99. The van der Waals surface area contributed by atoms with Crippen LogP contribution in [0.4, 0.5) is 28.9 Å². The third kappa shape index (κ3) is 9.12. The van der Waals surface area contributed by atoms with E-state index in [9.17, 15) is 13.2 Å². The maximum atomic E-state index is 16.0. The SMILES string of the molecule is CCOc1cc(OC(C)C)c(F)c(N(Cc2nc(-c3ccccc3SC)nn2C)c2ccc(C(=N)N)cc2)c1.O=C(O)C(F)(F)F. The third-order valence-electron chi connectivity index (χ3n) is 6.19. The minimum atomic E-state index is -5.08. The highest BCUT2D eigenvalue weighted by Crippen LogP contribution is 2.38. The van der Waals surface area contributed by atoms with Crippen LogP contribution in [0, 0.1) is 11.2 Å². The van der Waals surface area contributed by atoms with Crippen molar-refractivity contribution in [3.63, 3.8) is 0 Å². The molecule has 46 heavy (non-hydrogen) atoms. The number of hydrogen-bond donors (Lipinski definition) is 3. The molecule has 0 saturated heterocycles. The van der Waals surface area contributed by atoms with Gasteiger partial charge < -0.3 is 25.2 Å². The largest absolute Gasteiger partial charge is 0.494 e. The Kier molecular flexibility index (Phi) is 12.0. The van der Waals surface area contributed by atoms with E-state index in [0.717, 1.165) is 10.5 Å². The lowest BCUT2D eigenvalue weighted by molar-refractivity contribution is -0.192. The van der Waals surface area contributed by atoms with Gasteiger partial charge in [0.25, 0.3) is 0 Å². The number of ether oxygens (including phenoxy) is 2. The first-order chi connectivity index (χ1) is 21.7. The number of aryl methyl sites for hydroxylation is 1. The number of alkyl halides is 3. The highest BCUT2D eigenvalue weighted by molar-refractivity contribution is 7.98. The first-order valence-electron chi connectivity index (χ1n) is 13.8. The summed E-state index contributed by atoms with van der Waals surface area (Å²) in [6, 6.07) is 18.3. The molecule has 0 bridgehead atoms. The van der Waals surface area contributed by atoms with Crippen molar-refractivity contribution in [1.29, 1.82) is 5.41 Å². The van der Waals surface area contributed by atoms with Gasteiger partial charge in [-0.2, -0.15) is 18.3 Å². The zero-order valence-electron chi connectivity index (χ0n) is 25.7. The number of thioether (sulfide) groups is 1. The van der Waals surface area contributed by atoms with Crippen LogP contribution in [0.3, 0.4) is 0 Å². The quantitative estimate of drug-likeness (QED) is 0.0686. The summed E-state index contributed by atoms with van der Waals surface area (Å²) in [6.07, 6.45) is -3.30. The number of hydrogen-bond acceptors (Lipinski definition) is 8. The van der Waals surface area contributed by atoms with Crippen molar-refractivity contribution in [2.45, 2.75) is 44.5 Å². The van der Waals surface area contributed by atoms with Gasteiger partial charge in [0.15, 0.2) is 17.4 Å². The molecule has 0 saturated carbocycles. The molecule has 0 amide bonds. The lowest BCUT2D eigenvalue weighted by Crippen LogP contribution is -2.21. The van der Waals surface area contributed by atoms with Crippen molar-refractivity contribution in [2.24, 2.45) is 12.8 Å². The lowest BCUT2D eigenvalue weighted by atomic mass is 10.1. The van der Waals surface area contributed by atoms with Gasteiger partial charge in [0.1, 0.15) is 17.4 Å². The smallest absolute Gasteiger partial charge is 0.490 e. The van der Waals surface area contributed by atoms with E-state index in [1.54, 1.807) is 57.7 Å². The van der Waals surface area contributed by atoms with Crippen LogP contribution < -0.4 is 20.1 Å². The summed E-state index contributed by atoms with van der Waals surface area (Å²) in [5, 5.41) is 19.5. The van der Waals surface area contributed by atoms with Gasteiger partial charge in [-0.05, 0) is 63.4 Å². The second kappa shape index (κ2) is 15.5. The zero-order chi connectivity index (χ0) is 34.2. The first kappa shape index (κ1) is 35.7. The predicted octanol–water partition coefficient (Wildman–Crippen LogP) is 6.78. The number of benzene rings is 3. The number of nitrogens with one attached hydrogen (secondary N) is 1. The molecule has 4 aromatic rings. The van der Waals surface area contributed by atoms with Gasteiger partial charge in [-0.1, -0.05) is 12.1 Å². The zero-order valence-corrected chi connectivity index (χ0v) is 26.5. The molecule has 0 unspecified atom stereocenters. The van der Waals surface area contributed by atoms with Crippen molar-refractivity contribution < 1.29 is 36.9 Å². The number of rotatable bonds is 11. The second-order valence-corrected chi connectivity index (χ2v) is 10.7. The summed E-state index contributed by atoms with van der Waals surface area (Å²) >= 11 is 1.63. The van der Waals surface area contributed by atoms with Crippen LogP contribution in [0.15, 0.2) is 65.6 Å². The summed E-state index contributed by atoms with van der Waals surface area (Å²) in [5.74, 6) is -1.51. The standard InChI is InChI=1S/C29H33FN6O2S.C2HF3O2/c1-6-37-21-15-23(27(30)24(16-21)38-18(2)3)36(20-13-11-19(12-14-20)28(31)32)17-26-33-29(34-35(26)4)22-9-7-8-10-25(22)39-5;3-2(4,5)1(6)7/h7-16,18H,6,17H2,1-5H3,(H3,31,32);(H,6,7). The maximum Gasteiger partial charge on any atom is 0.490 e. The average molecular weight is 663 g/mol. The predicted molar refractivity (Wildman–Crippen MR) is 169 cm³/mol. The normalized spacial score (nSPS) is 11.1. The fraction of sp³-hybridized carbons (Fsp3) is 0.290. The highest BCUT2D eigenvalue weighted by atomic mass is 32.2. The van der Waals surface area contributed by atoms with Crippen molar-refractivity contribution in [2.75, 3.05) is 17.8 Å². The van der Waals surface area contributed by atoms with Crippen LogP contribution in [0.1, 0.15) is 32.2 Å². The molecule has 3 aromatic carbocycles. The van der Waals surface area contributed by atoms with Crippen molar-refractivity contribution >= 4 is 34.9 Å². The van der Waals surface area contributed by atoms with Gasteiger partial charge in [0, 0.05) is 40.9 Å². The van der Waals surface area contributed by atoms with Crippen LogP contribution in [0.25, 0.3) is 11.4 Å². The molecular weight excluding hydrogens is 628 g/mol. The summed E-state index contributed by atoms with van der Waals surface area (Å²) in [4.78, 5) is 16.6. The van der Waals surface area contributed by atoms with Gasteiger partial charge in [0.05, 0.1) is 24.9 Å². The minimum absolute atomic E-state index is 0.0457. The van der Waals surface area contributed by atoms with Crippen molar-refractivity contribution in [3.8, 4) is 22.9 Å². The number of carbonyl (C=O) groups is 1. The molecule has 0 aliphatic heterocycles. The Labute approximate surface area is 267 Å². The Morgan fingerprint density at radius 1 is 1.15 bits per heavy atom. The molecule has 10 nitrogen and oxygen atoms in total. The molecule has 246 valence electrons. The number of aromatic nitrogens is 3. The monoisotopic (exact) mass is 662 g/mol.